The maximum Gasteiger partial charge on any atom is 0.416 e. The first-order chi connectivity index (χ1) is 11.1. The molecule has 0 radical (unpaired) electrons. The first-order valence-corrected chi connectivity index (χ1v) is 7.65. The molecule has 140 valence electrons. The highest BCUT2D eigenvalue weighted by molar-refractivity contribution is 5.92. The van der Waals surface area contributed by atoms with E-state index in [1.807, 2.05) is 0 Å². The molecule has 1 aromatic carbocycles. The zero-order chi connectivity index (χ0) is 18.0. The molecule has 5 nitrogen and oxygen atoms in total. The van der Waals surface area contributed by atoms with Crippen LogP contribution in [0.3, 0.4) is 0 Å². The summed E-state index contributed by atoms with van der Waals surface area (Å²) in [5.41, 5.74) is 2.78. The zero-order valence-corrected chi connectivity index (χ0v) is 14.5. The van der Waals surface area contributed by atoms with Gasteiger partial charge in [-0.2, -0.15) is 13.2 Å². The third-order valence-electron chi connectivity index (χ3n) is 4.30. The molecule has 2 atom stereocenters. The lowest BCUT2D eigenvalue weighted by molar-refractivity contribution is -0.138. The Balaban J connectivity index is 0.00000312. The molecule has 1 heterocycles. The number of rotatable bonds is 4. The number of carbonyl (C=O) groups excluding carboxylic acids is 2. The smallest absolute Gasteiger partial charge is 0.367 e. The Bertz CT molecular complexity index is 633. The van der Waals surface area contributed by atoms with Gasteiger partial charge in [-0.15, -0.1) is 12.4 Å². The van der Waals surface area contributed by atoms with Gasteiger partial charge in [0, 0.05) is 6.54 Å². The van der Waals surface area contributed by atoms with Crippen LogP contribution in [-0.4, -0.2) is 24.9 Å². The van der Waals surface area contributed by atoms with Crippen molar-refractivity contribution in [2.24, 2.45) is 11.7 Å². The predicted octanol–water partition coefficient (Wildman–Crippen LogP) is 1.94. The summed E-state index contributed by atoms with van der Waals surface area (Å²) in [4.78, 5) is 24.3. The molecule has 1 saturated heterocycles. The lowest BCUT2D eigenvalue weighted by atomic mass is 9.88. The molecular weight excluding hydrogens is 359 g/mol. The summed E-state index contributed by atoms with van der Waals surface area (Å²) in [6.07, 6.45) is -3.09. The van der Waals surface area contributed by atoms with Gasteiger partial charge < -0.3 is 16.4 Å². The van der Waals surface area contributed by atoms with E-state index >= 15 is 0 Å². The van der Waals surface area contributed by atoms with Crippen molar-refractivity contribution in [2.45, 2.75) is 31.5 Å². The molecule has 0 spiro atoms. The van der Waals surface area contributed by atoms with Crippen LogP contribution in [-0.2, 0) is 21.3 Å². The molecule has 2 unspecified atom stereocenters. The maximum atomic E-state index is 12.9. The molecule has 4 N–H and O–H groups in total. The van der Waals surface area contributed by atoms with Crippen LogP contribution in [0.5, 0.6) is 0 Å². The summed E-state index contributed by atoms with van der Waals surface area (Å²) in [7, 11) is 0. The second-order valence-electron chi connectivity index (χ2n) is 6.10. The minimum absolute atomic E-state index is 0. The lowest BCUT2D eigenvalue weighted by Gasteiger charge is -2.31. The van der Waals surface area contributed by atoms with Crippen molar-refractivity contribution >= 4 is 24.2 Å². The Hall–Kier alpha value is -1.80. The van der Waals surface area contributed by atoms with Crippen molar-refractivity contribution in [2.75, 3.05) is 13.1 Å². The zero-order valence-electron chi connectivity index (χ0n) is 13.7. The van der Waals surface area contributed by atoms with Crippen LogP contribution in [0.4, 0.5) is 13.2 Å². The topological polar surface area (TPSA) is 84.2 Å². The summed E-state index contributed by atoms with van der Waals surface area (Å²) in [6, 6.07) is 4.27. The lowest BCUT2D eigenvalue weighted by Crippen LogP contribution is -2.55. The molecule has 2 rings (SSSR count). The highest BCUT2D eigenvalue weighted by atomic mass is 35.5. The van der Waals surface area contributed by atoms with Crippen molar-refractivity contribution < 1.29 is 22.8 Å². The molecular formula is C16H21ClF3N3O2. The number of halogens is 4. The number of hydrogen-bond acceptors (Lipinski definition) is 3. The number of benzene rings is 1. The van der Waals surface area contributed by atoms with E-state index in [1.54, 1.807) is 0 Å². The molecule has 1 aliphatic rings. The Kier molecular flexibility index (Phi) is 6.84. The minimum atomic E-state index is -4.55. The molecule has 0 aromatic heterocycles. The number of piperidine rings is 1. The minimum Gasteiger partial charge on any atom is -0.367 e. The van der Waals surface area contributed by atoms with Crippen LogP contribution in [0.15, 0.2) is 24.3 Å². The highest BCUT2D eigenvalue weighted by Gasteiger charge is 2.39. The summed E-state index contributed by atoms with van der Waals surface area (Å²) >= 11 is 0. The van der Waals surface area contributed by atoms with E-state index in [0.29, 0.717) is 13.0 Å². The van der Waals surface area contributed by atoms with Gasteiger partial charge in [0.2, 0.25) is 11.8 Å². The van der Waals surface area contributed by atoms with E-state index in [1.165, 1.54) is 19.1 Å². The third kappa shape index (κ3) is 4.85. The fraction of sp³-hybridized carbons (Fsp3) is 0.500. The average Bonchev–Trinajstić information content (AvgIpc) is 2.54. The van der Waals surface area contributed by atoms with Gasteiger partial charge in [-0.3, -0.25) is 9.59 Å². The van der Waals surface area contributed by atoms with Crippen molar-refractivity contribution in [1.29, 1.82) is 0 Å². The van der Waals surface area contributed by atoms with Crippen LogP contribution < -0.4 is 16.4 Å². The van der Waals surface area contributed by atoms with Gasteiger partial charge in [0.15, 0.2) is 0 Å². The van der Waals surface area contributed by atoms with Crippen molar-refractivity contribution in [3.05, 3.63) is 35.4 Å². The molecule has 1 aliphatic heterocycles. The largest absolute Gasteiger partial charge is 0.416 e. The quantitative estimate of drug-likeness (QED) is 0.747. The fourth-order valence-electron chi connectivity index (χ4n) is 2.71. The van der Waals surface area contributed by atoms with Gasteiger partial charge in [0.1, 0.15) is 5.54 Å². The van der Waals surface area contributed by atoms with Crippen LogP contribution in [0.25, 0.3) is 0 Å². The standard InChI is InChI=1S/C16H20F3N3O2.ClH/c1-15(14(20)24,22-13(23)10-4-3-7-21-9-10)11-5-2-6-12(8-11)16(17,18)19;/h2,5-6,8,10,21H,3-4,7,9H2,1H3,(H2,20,24)(H,22,23);1H. The second-order valence-corrected chi connectivity index (χ2v) is 6.10. The molecule has 1 fully saturated rings. The first kappa shape index (κ1) is 21.2. The van der Waals surface area contributed by atoms with E-state index in [2.05, 4.69) is 10.6 Å². The SMILES string of the molecule is CC(NC(=O)C1CCCNC1)(C(N)=O)c1cccc(C(F)(F)F)c1.Cl. The van der Waals surface area contributed by atoms with Crippen LogP contribution in [0, 0.1) is 5.92 Å². The van der Waals surface area contributed by atoms with Crippen LogP contribution in [0.2, 0.25) is 0 Å². The monoisotopic (exact) mass is 379 g/mol. The molecule has 9 heteroatoms. The summed E-state index contributed by atoms with van der Waals surface area (Å²) < 4.78 is 38.7. The van der Waals surface area contributed by atoms with Gasteiger partial charge in [-0.1, -0.05) is 12.1 Å². The van der Waals surface area contributed by atoms with Gasteiger partial charge in [0.05, 0.1) is 11.5 Å². The van der Waals surface area contributed by atoms with Gasteiger partial charge in [0.25, 0.3) is 0 Å². The molecule has 2 amide bonds. The summed E-state index contributed by atoms with van der Waals surface area (Å²) in [5.74, 6) is -1.66. The second kappa shape index (κ2) is 8.05. The van der Waals surface area contributed by atoms with Gasteiger partial charge >= 0.3 is 6.18 Å². The van der Waals surface area contributed by atoms with Crippen LogP contribution in [0.1, 0.15) is 30.9 Å². The van der Waals surface area contributed by atoms with Crippen molar-refractivity contribution in [3.63, 3.8) is 0 Å². The van der Waals surface area contributed by atoms with Crippen molar-refractivity contribution in [1.82, 2.24) is 10.6 Å². The number of alkyl halides is 3. The highest BCUT2D eigenvalue weighted by Crippen LogP contribution is 2.32. The van der Waals surface area contributed by atoms with Gasteiger partial charge in [-0.05, 0) is 44.0 Å². The van der Waals surface area contributed by atoms with E-state index in [9.17, 15) is 22.8 Å². The number of carbonyl (C=O) groups is 2. The van der Waals surface area contributed by atoms with Crippen LogP contribution >= 0.6 is 12.4 Å². The van der Waals surface area contributed by atoms with Crippen molar-refractivity contribution in [3.8, 4) is 0 Å². The number of hydrogen-bond donors (Lipinski definition) is 3. The van der Waals surface area contributed by atoms with E-state index in [-0.39, 0.29) is 23.9 Å². The normalized spacial score (nSPS) is 20.1. The van der Waals surface area contributed by atoms with E-state index < -0.39 is 29.1 Å². The summed E-state index contributed by atoms with van der Waals surface area (Å²) in [5, 5.41) is 5.61. The number of primary amides is 1. The Morgan fingerprint density at radius 1 is 1.28 bits per heavy atom. The van der Waals surface area contributed by atoms with E-state index in [4.69, 9.17) is 5.73 Å². The summed E-state index contributed by atoms with van der Waals surface area (Å²) in [6.45, 7) is 2.59. The maximum absolute atomic E-state index is 12.9. The predicted molar refractivity (Wildman–Crippen MR) is 89.0 cm³/mol. The number of nitrogens with two attached hydrogens (primary N) is 1. The molecule has 0 saturated carbocycles. The Morgan fingerprint density at radius 2 is 1.92 bits per heavy atom. The Labute approximate surface area is 149 Å². The Morgan fingerprint density at radius 3 is 2.44 bits per heavy atom. The molecule has 0 bridgehead atoms. The van der Waals surface area contributed by atoms with E-state index in [0.717, 1.165) is 25.1 Å². The average molecular weight is 380 g/mol. The fourth-order valence-corrected chi connectivity index (χ4v) is 2.71. The first-order valence-electron chi connectivity index (χ1n) is 7.65. The number of amides is 2. The molecule has 1 aromatic rings. The molecule has 25 heavy (non-hydrogen) atoms. The third-order valence-corrected chi connectivity index (χ3v) is 4.30. The molecule has 0 aliphatic carbocycles. The number of nitrogens with one attached hydrogen (secondary N) is 2. The van der Waals surface area contributed by atoms with Gasteiger partial charge in [-0.25, -0.2) is 0 Å².